The Bertz CT molecular complexity index is 1020. The van der Waals surface area contributed by atoms with Crippen molar-refractivity contribution in [2.24, 2.45) is 0 Å². The van der Waals surface area contributed by atoms with Gasteiger partial charge in [0.05, 0.1) is 11.9 Å². The third-order valence-electron chi connectivity index (χ3n) is 4.25. The van der Waals surface area contributed by atoms with Gasteiger partial charge in [0.25, 0.3) is 0 Å². The highest BCUT2D eigenvalue weighted by Gasteiger charge is 2.23. The number of nitrogens with one attached hydrogen (secondary N) is 1. The van der Waals surface area contributed by atoms with Crippen molar-refractivity contribution in [3.8, 4) is 17.4 Å². The summed E-state index contributed by atoms with van der Waals surface area (Å²) >= 11 is 0. The van der Waals surface area contributed by atoms with Gasteiger partial charge >= 0.3 is 6.03 Å². The highest BCUT2D eigenvalue weighted by atomic mass is 19.1. The molecule has 2 heterocycles. The maximum atomic E-state index is 13.2. The molecule has 0 atom stereocenters. The fourth-order valence-corrected chi connectivity index (χ4v) is 2.95. The zero-order chi connectivity index (χ0) is 19.7. The number of fused-ring (bicyclic) bond motifs is 1. The monoisotopic (exact) mass is 383 g/mol. The minimum atomic E-state index is -0.751. The summed E-state index contributed by atoms with van der Waals surface area (Å²) in [5.41, 5.74) is 2.33. The van der Waals surface area contributed by atoms with Crippen LogP contribution in [-0.4, -0.2) is 21.0 Å². The molecule has 2 N–H and O–H groups in total. The summed E-state index contributed by atoms with van der Waals surface area (Å²) < 4.78 is 31.7. The third kappa shape index (κ3) is 3.85. The molecule has 3 aromatic rings. The number of phenols is 1. The molecule has 0 unspecified atom stereocenters. The van der Waals surface area contributed by atoms with Crippen molar-refractivity contribution in [3.05, 3.63) is 77.5 Å². The summed E-state index contributed by atoms with van der Waals surface area (Å²) in [5, 5.41) is 12.3. The van der Waals surface area contributed by atoms with Gasteiger partial charge in [0.15, 0.2) is 0 Å². The number of amides is 2. The molecule has 142 valence electrons. The van der Waals surface area contributed by atoms with E-state index >= 15 is 0 Å². The maximum absolute atomic E-state index is 13.2. The first-order valence-electron chi connectivity index (χ1n) is 8.43. The van der Waals surface area contributed by atoms with Crippen molar-refractivity contribution < 1.29 is 23.4 Å². The van der Waals surface area contributed by atoms with E-state index in [2.05, 4.69) is 10.3 Å². The number of aromatic hydroxyl groups is 1. The fourth-order valence-electron chi connectivity index (χ4n) is 2.95. The van der Waals surface area contributed by atoms with E-state index in [0.29, 0.717) is 18.8 Å². The van der Waals surface area contributed by atoms with Gasteiger partial charge in [-0.1, -0.05) is 6.07 Å². The minimum absolute atomic E-state index is 0.0140. The summed E-state index contributed by atoms with van der Waals surface area (Å²) in [6.45, 7) is 0.844. The summed E-state index contributed by atoms with van der Waals surface area (Å²) in [6, 6.07) is 10.6. The Labute approximate surface area is 159 Å². The van der Waals surface area contributed by atoms with Crippen LogP contribution in [0, 0.1) is 11.6 Å². The van der Waals surface area contributed by atoms with E-state index in [1.807, 2.05) is 0 Å². The summed E-state index contributed by atoms with van der Waals surface area (Å²) in [4.78, 5) is 18.1. The molecule has 4 rings (SSSR count). The lowest BCUT2D eigenvalue weighted by Gasteiger charge is -2.16. The molecule has 0 saturated heterocycles. The molecular formula is C20H15F2N3O3. The zero-order valence-electron chi connectivity index (χ0n) is 14.5. The summed E-state index contributed by atoms with van der Waals surface area (Å²) in [7, 11) is 0. The number of aromatic nitrogens is 1. The van der Waals surface area contributed by atoms with E-state index in [0.717, 1.165) is 29.3 Å². The van der Waals surface area contributed by atoms with Gasteiger partial charge < -0.3 is 20.1 Å². The van der Waals surface area contributed by atoms with Crippen LogP contribution in [0.3, 0.4) is 0 Å². The number of nitrogens with zero attached hydrogens (tertiary/aromatic N) is 2. The van der Waals surface area contributed by atoms with E-state index in [-0.39, 0.29) is 23.4 Å². The van der Waals surface area contributed by atoms with Crippen molar-refractivity contribution in [2.75, 3.05) is 5.32 Å². The lowest BCUT2D eigenvalue weighted by molar-refractivity contribution is 0.212. The number of ether oxygens (including phenoxy) is 1. The normalized spacial score (nSPS) is 12.6. The average molecular weight is 383 g/mol. The number of anilines is 1. The highest BCUT2D eigenvalue weighted by Crippen LogP contribution is 2.27. The van der Waals surface area contributed by atoms with Crippen molar-refractivity contribution in [2.45, 2.75) is 13.1 Å². The van der Waals surface area contributed by atoms with Gasteiger partial charge in [-0.2, -0.15) is 0 Å². The second kappa shape index (κ2) is 7.15. The molecule has 1 aliphatic heterocycles. The number of rotatable bonds is 3. The van der Waals surface area contributed by atoms with Gasteiger partial charge in [-0.05, 0) is 29.3 Å². The first-order valence-corrected chi connectivity index (χ1v) is 8.43. The Morgan fingerprint density at radius 3 is 2.50 bits per heavy atom. The lowest BCUT2D eigenvalue weighted by atomic mass is 10.1. The molecule has 0 aliphatic carbocycles. The van der Waals surface area contributed by atoms with Gasteiger partial charge in [-0.15, -0.1) is 0 Å². The van der Waals surface area contributed by atoms with E-state index < -0.39 is 11.6 Å². The molecule has 28 heavy (non-hydrogen) atoms. The molecule has 8 heteroatoms. The predicted octanol–water partition coefficient (Wildman–Crippen LogP) is 4.41. The highest BCUT2D eigenvalue weighted by molar-refractivity contribution is 5.89. The SMILES string of the molecule is O=C(Nc1ccc(Oc2cc(F)cc(F)c2)nc1)N1Cc2ccc(O)cc2C1. The number of pyridine rings is 1. The molecule has 1 aliphatic rings. The number of halogens is 2. The quantitative estimate of drug-likeness (QED) is 0.703. The topological polar surface area (TPSA) is 74.7 Å². The number of carbonyl (C=O) groups excluding carboxylic acids is 1. The first kappa shape index (κ1) is 17.7. The number of hydrogen-bond donors (Lipinski definition) is 2. The number of hydrogen-bond acceptors (Lipinski definition) is 4. The first-order chi connectivity index (χ1) is 13.5. The molecule has 1 aromatic heterocycles. The minimum Gasteiger partial charge on any atom is -0.508 e. The van der Waals surface area contributed by atoms with Crippen molar-refractivity contribution >= 4 is 11.7 Å². The molecule has 0 bridgehead atoms. The second-order valence-electron chi connectivity index (χ2n) is 6.33. The number of benzene rings is 2. The zero-order valence-corrected chi connectivity index (χ0v) is 14.5. The summed E-state index contributed by atoms with van der Waals surface area (Å²) in [5.74, 6) is -1.22. The van der Waals surface area contributed by atoms with Crippen LogP contribution in [0.4, 0.5) is 19.3 Å². The predicted molar refractivity (Wildman–Crippen MR) is 97.0 cm³/mol. The van der Waals surface area contributed by atoms with Gasteiger partial charge in [-0.25, -0.2) is 18.6 Å². The molecule has 2 aromatic carbocycles. The van der Waals surface area contributed by atoms with Crippen LogP contribution in [-0.2, 0) is 13.1 Å². The van der Waals surface area contributed by atoms with Crippen LogP contribution in [0.25, 0.3) is 0 Å². The van der Waals surface area contributed by atoms with E-state index in [1.54, 1.807) is 29.2 Å². The van der Waals surface area contributed by atoms with Gasteiger partial charge in [-0.3, -0.25) is 0 Å². The molecule has 2 amide bonds. The Kier molecular flexibility index (Phi) is 4.52. The van der Waals surface area contributed by atoms with Gasteiger partial charge in [0.1, 0.15) is 23.1 Å². The smallest absolute Gasteiger partial charge is 0.322 e. The fraction of sp³-hybridized carbons (Fsp3) is 0.100. The Balaban J connectivity index is 1.39. The number of carbonyl (C=O) groups is 1. The maximum Gasteiger partial charge on any atom is 0.322 e. The summed E-state index contributed by atoms with van der Waals surface area (Å²) in [6.07, 6.45) is 1.39. The van der Waals surface area contributed by atoms with Gasteiger partial charge in [0.2, 0.25) is 5.88 Å². The van der Waals surface area contributed by atoms with E-state index in [9.17, 15) is 18.7 Å². The van der Waals surface area contributed by atoms with Crippen LogP contribution < -0.4 is 10.1 Å². The van der Waals surface area contributed by atoms with Crippen molar-refractivity contribution in [1.82, 2.24) is 9.88 Å². The number of phenolic OH excluding ortho intramolecular Hbond substituents is 1. The van der Waals surface area contributed by atoms with E-state index in [1.165, 1.54) is 12.3 Å². The Hall–Kier alpha value is -3.68. The molecule has 6 nitrogen and oxygen atoms in total. The van der Waals surface area contributed by atoms with Crippen molar-refractivity contribution in [3.63, 3.8) is 0 Å². The molecule has 0 fully saturated rings. The van der Waals surface area contributed by atoms with Crippen LogP contribution >= 0.6 is 0 Å². The molecular weight excluding hydrogens is 368 g/mol. The third-order valence-corrected chi connectivity index (χ3v) is 4.25. The van der Waals surface area contributed by atoms with Crippen LogP contribution in [0.5, 0.6) is 17.4 Å². The molecule has 0 spiro atoms. The second-order valence-corrected chi connectivity index (χ2v) is 6.33. The Morgan fingerprint density at radius 2 is 1.79 bits per heavy atom. The average Bonchev–Trinajstić information content (AvgIpc) is 3.06. The van der Waals surface area contributed by atoms with Crippen LogP contribution in [0.2, 0.25) is 0 Å². The van der Waals surface area contributed by atoms with Crippen LogP contribution in [0.15, 0.2) is 54.7 Å². The van der Waals surface area contributed by atoms with E-state index in [4.69, 9.17) is 4.74 Å². The lowest BCUT2D eigenvalue weighted by Crippen LogP contribution is -2.30. The molecule has 0 saturated carbocycles. The number of urea groups is 1. The van der Waals surface area contributed by atoms with Gasteiger partial charge in [0, 0.05) is 37.4 Å². The van der Waals surface area contributed by atoms with Crippen LogP contribution in [0.1, 0.15) is 11.1 Å². The Morgan fingerprint density at radius 1 is 1.04 bits per heavy atom. The standard InChI is InChI=1S/C20H15F2N3O3/c21-14-6-15(22)8-18(7-14)28-19-4-2-16(9-23-19)24-20(27)25-10-12-1-3-17(26)5-13(12)11-25/h1-9,26H,10-11H2,(H,24,27). The van der Waals surface area contributed by atoms with Crippen molar-refractivity contribution in [1.29, 1.82) is 0 Å². The molecule has 0 radical (unpaired) electrons. The largest absolute Gasteiger partial charge is 0.508 e.